The molecule has 0 spiro atoms. The van der Waals surface area contributed by atoms with Crippen molar-refractivity contribution in [2.24, 2.45) is 0 Å². The molecule has 3 N–H and O–H groups in total. The summed E-state index contributed by atoms with van der Waals surface area (Å²) in [5.41, 5.74) is 2.96. The zero-order chi connectivity index (χ0) is 19.7. The minimum absolute atomic E-state index is 0.00938. The normalized spacial score (nSPS) is 13.6. The van der Waals surface area contributed by atoms with Gasteiger partial charge in [0.25, 0.3) is 0 Å². The molecule has 0 aliphatic heterocycles. The van der Waals surface area contributed by atoms with Crippen molar-refractivity contribution in [1.82, 2.24) is 15.6 Å². The molecular weight excluding hydrogens is 354 g/mol. The predicted molar refractivity (Wildman–Crippen MR) is 106 cm³/mol. The Balaban J connectivity index is 1.60. The molecule has 0 radical (unpaired) electrons. The van der Waals surface area contributed by atoms with Crippen LogP contribution in [-0.2, 0) is 11.2 Å². The van der Waals surface area contributed by atoms with Crippen molar-refractivity contribution < 1.29 is 14.4 Å². The van der Waals surface area contributed by atoms with Gasteiger partial charge in [-0.2, -0.15) is 0 Å². The summed E-state index contributed by atoms with van der Waals surface area (Å²) in [6.07, 6.45) is 2.60. The van der Waals surface area contributed by atoms with E-state index in [0.717, 1.165) is 16.5 Å². The summed E-state index contributed by atoms with van der Waals surface area (Å²) in [4.78, 5) is 40.5. The fourth-order valence-corrected chi connectivity index (χ4v) is 3.50. The van der Waals surface area contributed by atoms with E-state index >= 15 is 0 Å². The van der Waals surface area contributed by atoms with Crippen molar-refractivity contribution in [2.45, 2.75) is 13.3 Å². The highest BCUT2D eigenvalue weighted by molar-refractivity contribution is 6.27. The molecule has 28 heavy (non-hydrogen) atoms. The van der Waals surface area contributed by atoms with Crippen LogP contribution in [-0.4, -0.2) is 29.0 Å². The van der Waals surface area contributed by atoms with Gasteiger partial charge in [0.1, 0.15) is 11.4 Å². The molecule has 1 heterocycles. The Labute approximate surface area is 161 Å². The largest absolute Gasteiger partial charge is 0.380 e. The number of para-hydroxylation sites is 1. The summed E-state index contributed by atoms with van der Waals surface area (Å²) in [5, 5.41) is 6.73. The van der Waals surface area contributed by atoms with Crippen molar-refractivity contribution in [3.63, 3.8) is 0 Å². The van der Waals surface area contributed by atoms with Crippen molar-refractivity contribution >= 4 is 28.4 Å². The van der Waals surface area contributed by atoms with Crippen molar-refractivity contribution in [1.29, 1.82) is 0 Å². The maximum absolute atomic E-state index is 12.9. The Hall–Kier alpha value is -3.67. The van der Waals surface area contributed by atoms with Crippen LogP contribution in [0.15, 0.2) is 66.1 Å². The van der Waals surface area contributed by atoms with Gasteiger partial charge in [-0.05, 0) is 18.1 Å². The Bertz CT molecular complexity index is 1140. The third-order valence-corrected chi connectivity index (χ3v) is 4.79. The van der Waals surface area contributed by atoms with Gasteiger partial charge in [0.05, 0.1) is 0 Å². The Morgan fingerprint density at radius 1 is 0.929 bits per heavy atom. The first-order chi connectivity index (χ1) is 13.6. The fraction of sp³-hybridized carbons (Fsp3) is 0.136. The molecule has 0 saturated carbocycles. The van der Waals surface area contributed by atoms with Gasteiger partial charge in [-0.1, -0.05) is 42.5 Å². The van der Waals surface area contributed by atoms with Gasteiger partial charge in [-0.25, -0.2) is 0 Å². The second-order valence-electron chi connectivity index (χ2n) is 6.67. The lowest BCUT2D eigenvalue weighted by Gasteiger charge is -2.22. The minimum atomic E-state index is -0.397. The number of benzene rings is 2. The topological polar surface area (TPSA) is 91.1 Å². The highest BCUT2D eigenvalue weighted by Gasteiger charge is 2.32. The third kappa shape index (κ3) is 3.09. The number of carbonyl (C=O) groups excluding carboxylic acids is 3. The number of hydrogen-bond acceptors (Lipinski definition) is 4. The maximum Gasteiger partial charge on any atom is 0.221 e. The summed E-state index contributed by atoms with van der Waals surface area (Å²) in [6, 6.07) is 14.6. The number of aromatic nitrogens is 1. The van der Waals surface area contributed by atoms with E-state index < -0.39 is 5.91 Å². The van der Waals surface area contributed by atoms with E-state index in [1.807, 2.05) is 30.5 Å². The second-order valence-corrected chi connectivity index (χ2v) is 6.67. The number of aromatic amines is 1. The number of fused-ring (bicyclic) bond motifs is 2. The number of hydrogen-bond donors (Lipinski definition) is 3. The molecule has 6 nitrogen and oxygen atoms in total. The molecule has 6 heteroatoms. The zero-order valence-electron chi connectivity index (χ0n) is 15.3. The van der Waals surface area contributed by atoms with E-state index in [9.17, 15) is 14.4 Å². The summed E-state index contributed by atoms with van der Waals surface area (Å²) < 4.78 is 0. The molecular formula is C22H19N3O3. The Kier molecular flexibility index (Phi) is 4.53. The van der Waals surface area contributed by atoms with Crippen molar-refractivity contribution in [2.75, 3.05) is 6.54 Å². The second kappa shape index (κ2) is 7.15. The average molecular weight is 373 g/mol. The molecule has 2 aromatic carbocycles. The number of ketones is 2. The van der Waals surface area contributed by atoms with E-state index in [4.69, 9.17) is 0 Å². The molecule has 0 saturated heterocycles. The van der Waals surface area contributed by atoms with Gasteiger partial charge >= 0.3 is 0 Å². The smallest absolute Gasteiger partial charge is 0.221 e. The van der Waals surface area contributed by atoms with Crippen LogP contribution in [0.1, 0.15) is 33.2 Å². The third-order valence-electron chi connectivity index (χ3n) is 4.79. The van der Waals surface area contributed by atoms with E-state index in [-0.39, 0.29) is 23.0 Å². The van der Waals surface area contributed by atoms with Crippen LogP contribution < -0.4 is 10.6 Å². The maximum atomic E-state index is 12.9. The van der Waals surface area contributed by atoms with Gasteiger partial charge in [-0.15, -0.1) is 0 Å². The molecule has 3 aromatic rings. The van der Waals surface area contributed by atoms with Gasteiger partial charge in [0.15, 0.2) is 0 Å². The minimum Gasteiger partial charge on any atom is -0.380 e. The van der Waals surface area contributed by atoms with Crippen LogP contribution in [0.4, 0.5) is 0 Å². The van der Waals surface area contributed by atoms with Crippen LogP contribution in [0, 0.1) is 0 Å². The predicted octanol–water partition coefficient (Wildman–Crippen LogP) is 2.73. The lowest BCUT2D eigenvalue weighted by molar-refractivity contribution is -0.118. The number of H-pyrrole nitrogens is 1. The number of rotatable bonds is 5. The molecule has 0 atom stereocenters. The van der Waals surface area contributed by atoms with Crippen LogP contribution in [0.2, 0.25) is 0 Å². The first kappa shape index (κ1) is 17.7. The van der Waals surface area contributed by atoms with Crippen LogP contribution in [0.5, 0.6) is 0 Å². The highest BCUT2D eigenvalue weighted by atomic mass is 16.2. The molecule has 1 aliphatic rings. The Morgan fingerprint density at radius 3 is 2.29 bits per heavy atom. The molecule has 0 unspecified atom stereocenters. The average Bonchev–Trinajstić information content (AvgIpc) is 3.11. The van der Waals surface area contributed by atoms with E-state index in [1.54, 1.807) is 24.3 Å². The highest BCUT2D eigenvalue weighted by Crippen LogP contribution is 2.24. The number of amides is 1. The van der Waals surface area contributed by atoms with Crippen molar-refractivity contribution in [3.05, 3.63) is 82.8 Å². The summed E-state index contributed by atoms with van der Waals surface area (Å²) in [7, 11) is 0. The first-order valence-corrected chi connectivity index (χ1v) is 9.05. The lowest BCUT2D eigenvalue weighted by atomic mass is 9.90. The fourth-order valence-electron chi connectivity index (χ4n) is 3.50. The molecule has 0 fully saturated rings. The first-order valence-electron chi connectivity index (χ1n) is 9.05. The van der Waals surface area contributed by atoms with E-state index in [0.29, 0.717) is 24.1 Å². The zero-order valence-corrected chi connectivity index (χ0v) is 15.3. The standard InChI is InChI=1S/C22H19N3O3/c1-13(26)25-20-19(21(27)16-7-2-3-8-17(16)22(20)28)23-11-10-14-12-24-18-9-5-4-6-15(14)18/h2-9,12,23-24H,10-11H2,1H3,(H,25,26). The van der Waals surface area contributed by atoms with E-state index in [2.05, 4.69) is 15.6 Å². The molecule has 1 amide bonds. The summed E-state index contributed by atoms with van der Waals surface area (Å²) in [5.74, 6) is -1.05. The number of nitrogens with one attached hydrogen (secondary N) is 3. The van der Waals surface area contributed by atoms with Gasteiger partial charge in [0, 0.05) is 41.7 Å². The number of allylic oxidation sites excluding steroid dienone is 2. The number of carbonyl (C=O) groups is 3. The van der Waals surface area contributed by atoms with Crippen molar-refractivity contribution in [3.8, 4) is 0 Å². The van der Waals surface area contributed by atoms with Gasteiger partial charge in [-0.3, -0.25) is 14.4 Å². The lowest BCUT2D eigenvalue weighted by Crippen LogP contribution is -2.38. The van der Waals surface area contributed by atoms with Crippen LogP contribution in [0.25, 0.3) is 10.9 Å². The molecule has 1 aliphatic carbocycles. The molecule has 1 aromatic heterocycles. The monoisotopic (exact) mass is 373 g/mol. The summed E-state index contributed by atoms with van der Waals surface area (Å²) >= 11 is 0. The van der Waals surface area contributed by atoms with Gasteiger partial charge in [0.2, 0.25) is 17.5 Å². The Morgan fingerprint density at radius 2 is 1.57 bits per heavy atom. The van der Waals surface area contributed by atoms with Gasteiger partial charge < -0.3 is 15.6 Å². The van der Waals surface area contributed by atoms with E-state index in [1.165, 1.54) is 6.92 Å². The SMILES string of the molecule is CC(=O)NC1=C(NCCc2c[nH]c3ccccc23)C(=O)c2ccccc2C1=O. The van der Waals surface area contributed by atoms with Crippen LogP contribution >= 0.6 is 0 Å². The molecule has 140 valence electrons. The molecule has 0 bridgehead atoms. The number of Topliss-reactive ketones (excluding diaryl/α,β-unsaturated/α-hetero) is 2. The molecule has 4 rings (SSSR count). The van der Waals surface area contributed by atoms with Crippen LogP contribution in [0.3, 0.4) is 0 Å². The quantitative estimate of drug-likeness (QED) is 0.641. The summed E-state index contributed by atoms with van der Waals surface area (Å²) in [6.45, 7) is 1.76.